The summed E-state index contributed by atoms with van der Waals surface area (Å²) in [5, 5.41) is 6.26. The molecule has 7 nitrogen and oxygen atoms in total. The molecule has 4 rings (SSSR count). The first kappa shape index (κ1) is 23.8. The van der Waals surface area contributed by atoms with Crippen molar-refractivity contribution in [1.29, 1.82) is 0 Å². The summed E-state index contributed by atoms with van der Waals surface area (Å²) in [6, 6.07) is 4.96. The Morgan fingerprint density at radius 2 is 1.88 bits per heavy atom. The summed E-state index contributed by atoms with van der Waals surface area (Å²) < 4.78 is 5.36. The van der Waals surface area contributed by atoms with Crippen molar-refractivity contribution in [1.82, 2.24) is 10.2 Å². The Morgan fingerprint density at radius 1 is 1.18 bits per heavy atom. The monoisotopic (exact) mass is 488 g/mol. The second-order valence-corrected chi connectivity index (χ2v) is 16.5. The lowest BCUT2D eigenvalue weighted by Gasteiger charge is -2.49. The van der Waals surface area contributed by atoms with E-state index in [1.54, 1.807) is 23.1 Å². The van der Waals surface area contributed by atoms with Gasteiger partial charge in [-0.1, -0.05) is 43.7 Å². The molecular weight excluding hydrogens is 456 g/mol. The highest BCUT2D eigenvalue weighted by Gasteiger charge is 2.54. The lowest BCUT2D eigenvalue weighted by atomic mass is 9.83. The number of benzene rings is 1. The van der Waals surface area contributed by atoms with Gasteiger partial charge in [0.2, 0.25) is 5.91 Å². The van der Waals surface area contributed by atoms with Crippen LogP contribution in [0.4, 0.5) is 10.5 Å². The molecule has 2 N–H and O–H groups in total. The van der Waals surface area contributed by atoms with Gasteiger partial charge < -0.3 is 20.3 Å². The second kappa shape index (κ2) is 8.16. The average molecular weight is 489 g/mol. The minimum Gasteiger partial charge on any atom is -0.495 e. The molecule has 2 heterocycles. The van der Waals surface area contributed by atoms with Crippen LogP contribution in [0, 0.1) is 0 Å². The van der Waals surface area contributed by atoms with E-state index in [-0.39, 0.29) is 17.0 Å². The van der Waals surface area contributed by atoms with Crippen LogP contribution in [0.1, 0.15) is 33.1 Å². The molecule has 33 heavy (non-hydrogen) atoms. The zero-order chi connectivity index (χ0) is 24.2. The SMILES string of the molecule is COc1cccc(Cl)c1NC(=O)N1CC2=C(CN=C2NC(=O)C2([Si](C)(C)C)CCC2)C1(C)C. The topological polar surface area (TPSA) is 83.0 Å². The Kier molecular flexibility index (Phi) is 5.89. The largest absolute Gasteiger partial charge is 0.495 e. The molecule has 1 fully saturated rings. The first-order valence-electron chi connectivity index (χ1n) is 11.4. The number of anilines is 1. The van der Waals surface area contributed by atoms with Gasteiger partial charge in [0.1, 0.15) is 17.3 Å². The lowest BCUT2D eigenvalue weighted by molar-refractivity contribution is -0.125. The fourth-order valence-corrected chi connectivity index (χ4v) is 8.04. The van der Waals surface area contributed by atoms with E-state index in [2.05, 4.69) is 35.3 Å². The molecular formula is C24H33ClN4O3Si. The molecule has 0 saturated heterocycles. The van der Waals surface area contributed by atoms with Crippen molar-refractivity contribution in [2.45, 2.75) is 63.3 Å². The summed E-state index contributed by atoms with van der Waals surface area (Å²) in [4.78, 5) is 33.1. The molecule has 0 radical (unpaired) electrons. The summed E-state index contributed by atoms with van der Waals surface area (Å²) in [5.74, 6) is 1.22. The molecule has 1 aromatic rings. The van der Waals surface area contributed by atoms with Crippen LogP contribution >= 0.6 is 11.6 Å². The molecule has 0 atom stereocenters. The summed E-state index contributed by atoms with van der Waals surface area (Å²) in [5.41, 5.74) is 1.91. The Labute approximate surface area is 201 Å². The highest BCUT2D eigenvalue weighted by molar-refractivity contribution is 6.82. The van der Waals surface area contributed by atoms with E-state index in [9.17, 15) is 9.59 Å². The molecule has 9 heteroatoms. The standard InChI is InChI=1S/C24H33ClN4O3Si/c1-23(2)16-13-26-20(28-21(30)24(11-8-12-24)33(4,5)6)15(16)14-29(23)22(31)27-19-17(25)9-7-10-18(19)32-3/h7,9-10H,8,11-14H2,1-6H3,(H,27,31)(H,26,28,30). The number of rotatable bonds is 4. The van der Waals surface area contributed by atoms with Crippen molar-refractivity contribution < 1.29 is 14.3 Å². The predicted molar refractivity (Wildman–Crippen MR) is 135 cm³/mol. The number of carbonyl (C=O) groups excluding carboxylic acids is 2. The number of carbonyl (C=O) groups is 2. The smallest absolute Gasteiger partial charge is 0.323 e. The van der Waals surface area contributed by atoms with Crippen LogP contribution in [0.3, 0.4) is 0 Å². The van der Waals surface area contributed by atoms with E-state index in [0.29, 0.717) is 35.4 Å². The zero-order valence-electron chi connectivity index (χ0n) is 20.3. The van der Waals surface area contributed by atoms with Gasteiger partial charge in [0, 0.05) is 10.6 Å². The van der Waals surface area contributed by atoms with Gasteiger partial charge in [0.05, 0.1) is 38.8 Å². The number of amidine groups is 1. The molecule has 0 bridgehead atoms. The third-order valence-electron chi connectivity index (χ3n) is 7.76. The van der Waals surface area contributed by atoms with Gasteiger partial charge in [-0.25, -0.2) is 4.79 Å². The maximum absolute atomic E-state index is 13.4. The molecule has 0 unspecified atom stereocenters. The fraction of sp³-hybridized carbons (Fsp3) is 0.542. The van der Waals surface area contributed by atoms with Gasteiger partial charge in [-0.05, 0) is 44.4 Å². The number of amides is 3. The van der Waals surface area contributed by atoms with Gasteiger partial charge in [0.25, 0.3) is 0 Å². The molecule has 0 aromatic heterocycles. The van der Waals surface area contributed by atoms with Gasteiger partial charge in [-0.15, -0.1) is 0 Å². The van der Waals surface area contributed by atoms with E-state index in [0.717, 1.165) is 30.4 Å². The molecule has 2 aliphatic heterocycles. The van der Waals surface area contributed by atoms with E-state index in [1.807, 2.05) is 13.8 Å². The number of para-hydroxylation sites is 1. The van der Waals surface area contributed by atoms with Crippen LogP contribution in [0.15, 0.2) is 34.3 Å². The van der Waals surface area contributed by atoms with E-state index in [4.69, 9.17) is 16.3 Å². The number of urea groups is 1. The fourth-order valence-electron chi connectivity index (χ4n) is 5.23. The van der Waals surface area contributed by atoms with Crippen LogP contribution in [-0.4, -0.2) is 56.5 Å². The summed E-state index contributed by atoms with van der Waals surface area (Å²) in [6.07, 6.45) is 3.01. The van der Waals surface area contributed by atoms with Crippen molar-refractivity contribution in [3.05, 3.63) is 34.4 Å². The predicted octanol–water partition coefficient (Wildman–Crippen LogP) is 5.06. The first-order chi connectivity index (χ1) is 15.4. The number of hydrogen-bond acceptors (Lipinski definition) is 4. The number of ether oxygens (including phenoxy) is 1. The number of aliphatic imine (C=N–C) groups is 1. The third-order valence-corrected chi connectivity index (χ3v) is 11.7. The number of nitrogens with one attached hydrogen (secondary N) is 2. The minimum absolute atomic E-state index is 0.0990. The van der Waals surface area contributed by atoms with Crippen LogP contribution in [0.2, 0.25) is 29.7 Å². The van der Waals surface area contributed by atoms with E-state index in [1.165, 1.54) is 7.11 Å². The van der Waals surface area contributed by atoms with Gasteiger partial charge in [-0.2, -0.15) is 0 Å². The Bertz CT molecular complexity index is 1070. The van der Waals surface area contributed by atoms with Crippen LogP contribution in [0.25, 0.3) is 0 Å². The minimum atomic E-state index is -1.69. The molecule has 1 aliphatic carbocycles. The molecule has 1 saturated carbocycles. The second-order valence-electron chi connectivity index (χ2n) is 10.7. The molecule has 0 spiro atoms. The van der Waals surface area contributed by atoms with Crippen LogP contribution in [-0.2, 0) is 4.79 Å². The summed E-state index contributed by atoms with van der Waals surface area (Å²) in [6.45, 7) is 11.7. The number of methoxy groups -OCH3 is 1. The Hall–Kier alpha value is -2.32. The Morgan fingerprint density at radius 3 is 2.45 bits per heavy atom. The molecule has 3 aliphatic rings. The van der Waals surface area contributed by atoms with Gasteiger partial charge in [0.15, 0.2) is 0 Å². The summed E-state index contributed by atoms with van der Waals surface area (Å²) in [7, 11) is -0.153. The zero-order valence-corrected chi connectivity index (χ0v) is 22.0. The van der Waals surface area contributed by atoms with Crippen molar-refractivity contribution >= 4 is 43.1 Å². The molecule has 178 valence electrons. The quantitative estimate of drug-likeness (QED) is 0.581. The summed E-state index contributed by atoms with van der Waals surface area (Å²) >= 11 is 6.32. The van der Waals surface area contributed by atoms with Gasteiger partial charge >= 0.3 is 6.03 Å². The maximum atomic E-state index is 13.4. The molecule has 1 aromatic carbocycles. The normalized spacial score (nSPS) is 20.7. The van der Waals surface area contributed by atoms with Crippen LogP contribution in [0.5, 0.6) is 5.75 Å². The first-order valence-corrected chi connectivity index (χ1v) is 15.3. The maximum Gasteiger partial charge on any atom is 0.323 e. The Balaban J connectivity index is 1.52. The number of hydrogen-bond donors (Lipinski definition) is 2. The highest BCUT2D eigenvalue weighted by atomic mass is 35.5. The lowest BCUT2D eigenvalue weighted by Crippen LogP contribution is -2.55. The van der Waals surface area contributed by atoms with Crippen molar-refractivity contribution in [3.63, 3.8) is 0 Å². The van der Waals surface area contributed by atoms with Crippen molar-refractivity contribution in [2.75, 3.05) is 25.5 Å². The van der Waals surface area contributed by atoms with Crippen LogP contribution < -0.4 is 15.4 Å². The van der Waals surface area contributed by atoms with E-state index < -0.39 is 13.6 Å². The number of halogens is 1. The highest BCUT2D eigenvalue weighted by Crippen LogP contribution is 2.55. The third kappa shape index (κ3) is 3.77. The van der Waals surface area contributed by atoms with E-state index >= 15 is 0 Å². The average Bonchev–Trinajstić information content (AvgIpc) is 3.19. The molecule has 3 amide bonds. The number of nitrogens with zero attached hydrogens (tertiary/aromatic N) is 2. The van der Waals surface area contributed by atoms with Crippen molar-refractivity contribution in [3.8, 4) is 5.75 Å². The van der Waals surface area contributed by atoms with Gasteiger partial charge in [-0.3, -0.25) is 9.79 Å². The van der Waals surface area contributed by atoms with Crippen molar-refractivity contribution in [2.24, 2.45) is 4.99 Å².